The van der Waals surface area contributed by atoms with Gasteiger partial charge in [-0.05, 0) is 17.5 Å². The number of nitrogens with two attached hydrogens (primary N) is 1. The molecule has 2 aromatic rings. The molecule has 0 unspecified atom stereocenters. The number of carbonyl (C=O) groups excluding carboxylic acids is 2. The van der Waals surface area contributed by atoms with Gasteiger partial charge in [0.15, 0.2) is 0 Å². The Balaban J connectivity index is 0.00000312. The third-order valence-electron chi connectivity index (χ3n) is 3.72. The normalized spacial score (nSPS) is 12.4. The summed E-state index contributed by atoms with van der Waals surface area (Å²) in [6.07, 6.45) is 0.767. The minimum absolute atomic E-state index is 0. The average Bonchev–Trinajstić information content (AvgIpc) is 2.62. The minimum atomic E-state index is -0.758. The predicted molar refractivity (Wildman–Crippen MR) is 99.5 cm³/mol. The van der Waals surface area contributed by atoms with Gasteiger partial charge >= 0.3 is 5.97 Å². The van der Waals surface area contributed by atoms with Crippen molar-refractivity contribution in [3.8, 4) is 0 Å². The van der Waals surface area contributed by atoms with E-state index in [2.05, 4.69) is 5.32 Å². The molecule has 1 amide bonds. The summed E-state index contributed by atoms with van der Waals surface area (Å²) in [5.41, 5.74) is 7.87. The largest absolute Gasteiger partial charge is 0.467 e. The minimum Gasteiger partial charge on any atom is -0.467 e. The first-order valence-corrected chi connectivity index (χ1v) is 7.81. The zero-order valence-corrected chi connectivity index (χ0v) is 14.9. The van der Waals surface area contributed by atoms with E-state index >= 15 is 0 Å². The Morgan fingerprint density at radius 1 is 0.960 bits per heavy atom. The van der Waals surface area contributed by atoms with Gasteiger partial charge in [0.25, 0.3) is 0 Å². The number of amides is 1. The third kappa shape index (κ3) is 6.57. The van der Waals surface area contributed by atoms with Crippen LogP contribution in [0.25, 0.3) is 0 Å². The zero-order valence-electron chi connectivity index (χ0n) is 14.1. The SMILES string of the molecule is COC(=O)[C@H](Cc1ccccc1)NC(=O)[C@@H](N)Cc1ccccc1.Cl. The first kappa shape index (κ1) is 20.7. The molecule has 0 saturated carbocycles. The van der Waals surface area contributed by atoms with Crippen LogP contribution in [0, 0.1) is 0 Å². The molecule has 0 aliphatic carbocycles. The summed E-state index contributed by atoms with van der Waals surface area (Å²) in [5, 5.41) is 2.70. The number of esters is 1. The van der Waals surface area contributed by atoms with Crippen LogP contribution in [0.5, 0.6) is 0 Å². The lowest BCUT2D eigenvalue weighted by molar-refractivity contribution is -0.145. The second-order valence-corrected chi connectivity index (χ2v) is 5.57. The summed E-state index contributed by atoms with van der Waals surface area (Å²) < 4.78 is 4.79. The monoisotopic (exact) mass is 362 g/mol. The molecule has 6 heteroatoms. The maximum atomic E-state index is 12.3. The quantitative estimate of drug-likeness (QED) is 0.737. The molecule has 0 heterocycles. The van der Waals surface area contributed by atoms with Crippen LogP contribution in [0.15, 0.2) is 60.7 Å². The van der Waals surface area contributed by atoms with E-state index in [4.69, 9.17) is 10.5 Å². The number of benzene rings is 2. The molecule has 0 radical (unpaired) electrons. The Morgan fingerprint density at radius 2 is 1.44 bits per heavy atom. The van der Waals surface area contributed by atoms with Crippen LogP contribution in [-0.2, 0) is 27.2 Å². The number of rotatable bonds is 7. The Morgan fingerprint density at radius 3 is 1.92 bits per heavy atom. The number of hydrogen-bond donors (Lipinski definition) is 2. The summed E-state index contributed by atoms with van der Waals surface area (Å²) in [6, 6.07) is 17.5. The predicted octanol–water partition coefficient (Wildman–Crippen LogP) is 1.88. The van der Waals surface area contributed by atoms with Gasteiger partial charge in [-0.1, -0.05) is 60.7 Å². The molecule has 0 aliphatic heterocycles. The molecule has 134 valence electrons. The van der Waals surface area contributed by atoms with Crippen LogP contribution >= 0.6 is 12.4 Å². The standard InChI is InChI=1S/C19H22N2O3.ClH/c1-24-19(23)17(13-15-10-6-3-7-11-15)21-18(22)16(20)12-14-8-4-2-5-9-14;/h2-11,16-17H,12-13,20H2,1H3,(H,21,22);1H/t16-,17-;/m0./s1. The van der Waals surface area contributed by atoms with Crippen LogP contribution in [0.3, 0.4) is 0 Å². The van der Waals surface area contributed by atoms with Crippen molar-refractivity contribution in [1.82, 2.24) is 5.32 Å². The molecule has 0 spiro atoms. The van der Waals surface area contributed by atoms with Gasteiger partial charge in [-0.2, -0.15) is 0 Å². The average molecular weight is 363 g/mol. The Hall–Kier alpha value is -2.37. The van der Waals surface area contributed by atoms with E-state index < -0.39 is 18.1 Å². The van der Waals surface area contributed by atoms with E-state index in [0.29, 0.717) is 12.8 Å². The molecule has 3 N–H and O–H groups in total. The molecule has 2 aromatic carbocycles. The molecular formula is C19H23ClN2O3. The van der Waals surface area contributed by atoms with E-state index in [9.17, 15) is 9.59 Å². The highest BCUT2D eigenvalue weighted by atomic mass is 35.5. The summed E-state index contributed by atoms with van der Waals surface area (Å²) in [5.74, 6) is -0.857. The first-order chi connectivity index (χ1) is 11.6. The molecule has 0 saturated heterocycles. The van der Waals surface area contributed by atoms with Gasteiger partial charge in [-0.15, -0.1) is 12.4 Å². The van der Waals surface area contributed by atoms with Crippen molar-refractivity contribution in [2.45, 2.75) is 24.9 Å². The van der Waals surface area contributed by atoms with Gasteiger partial charge in [-0.3, -0.25) is 4.79 Å². The summed E-state index contributed by atoms with van der Waals surface area (Å²) in [6.45, 7) is 0. The summed E-state index contributed by atoms with van der Waals surface area (Å²) >= 11 is 0. The van der Waals surface area contributed by atoms with Gasteiger partial charge in [-0.25, -0.2) is 4.79 Å². The van der Waals surface area contributed by atoms with Crippen molar-refractivity contribution in [1.29, 1.82) is 0 Å². The molecule has 0 aliphatic rings. The number of hydrogen-bond acceptors (Lipinski definition) is 4. The third-order valence-corrected chi connectivity index (χ3v) is 3.72. The summed E-state index contributed by atoms with van der Waals surface area (Å²) in [7, 11) is 1.30. The van der Waals surface area contributed by atoms with Crippen molar-refractivity contribution in [3.05, 3.63) is 71.8 Å². The fraction of sp³-hybridized carbons (Fsp3) is 0.263. The van der Waals surface area contributed by atoms with E-state index in [0.717, 1.165) is 11.1 Å². The number of halogens is 1. The molecule has 25 heavy (non-hydrogen) atoms. The van der Waals surface area contributed by atoms with Crippen molar-refractivity contribution in [2.24, 2.45) is 5.73 Å². The zero-order chi connectivity index (χ0) is 17.4. The second-order valence-electron chi connectivity index (χ2n) is 5.57. The maximum absolute atomic E-state index is 12.3. The van der Waals surface area contributed by atoms with Gasteiger partial charge < -0.3 is 15.8 Å². The van der Waals surface area contributed by atoms with Crippen molar-refractivity contribution in [2.75, 3.05) is 7.11 Å². The van der Waals surface area contributed by atoms with Gasteiger partial charge in [0.2, 0.25) is 5.91 Å². The van der Waals surface area contributed by atoms with Crippen LogP contribution in [0.1, 0.15) is 11.1 Å². The van der Waals surface area contributed by atoms with E-state index in [-0.39, 0.29) is 18.3 Å². The van der Waals surface area contributed by atoms with E-state index in [1.54, 1.807) is 0 Å². The van der Waals surface area contributed by atoms with E-state index in [1.165, 1.54) is 7.11 Å². The topological polar surface area (TPSA) is 81.4 Å². The highest BCUT2D eigenvalue weighted by molar-refractivity contribution is 5.87. The van der Waals surface area contributed by atoms with Crippen molar-refractivity contribution in [3.63, 3.8) is 0 Å². The number of ether oxygens (including phenoxy) is 1. The highest BCUT2D eigenvalue weighted by Gasteiger charge is 2.24. The summed E-state index contributed by atoms with van der Waals surface area (Å²) in [4.78, 5) is 24.3. The van der Waals surface area contributed by atoms with Crippen LogP contribution in [0.4, 0.5) is 0 Å². The molecule has 2 atom stereocenters. The Kier molecular flexibility index (Phi) is 8.67. The highest BCUT2D eigenvalue weighted by Crippen LogP contribution is 2.06. The van der Waals surface area contributed by atoms with E-state index in [1.807, 2.05) is 60.7 Å². The van der Waals surface area contributed by atoms with Crippen molar-refractivity contribution < 1.29 is 14.3 Å². The molecular weight excluding hydrogens is 340 g/mol. The lowest BCUT2D eigenvalue weighted by Crippen LogP contribution is -2.50. The molecule has 0 bridgehead atoms. The Bertz CT molecular complexity index is 665. The molecule has 0 aromatic heterocycles. The second kappa shape index (κ2) is 10.5. The van der Waals surface area contributed by atoms with Crippen LogP contribution in [0.2, 0.25) is 0 Å². The van der Waals surface area contributed by atoms with Crippen LogP contribution < -0.4 is 11.1 Å². The van der Waals surface area contributed by atoms with Gasteiger partial charge in [0.1, 0.15) is 6.04 Å². The number of methoxy groups -OCH3 is 1. The number of carbonyl (C=O) groups is 2. The smallest absolute Gasteiger partial charge is 0.328 e. The first-order valence-electron chi connectivity index (χ1n) is 7.81. The maximum Gasteiger partial charge on any atom is 0.328 e. The number of nitrogens with one attached hydrogen (secondary N) is 1. The Labute approximate surface area is 154 Å². The van der Waals surface area contributed by atoms with Gasteiger partial charge in [0, 0.05) is 6.42 Å². The molecule has 2 rings (SSSR count). The van der Waals surface area contributed by atoms with Gasteiger partial charge in [0.05, 0.1) is 13.2 Å². The van der Waals surface area contributed by atoms with Crippen molar-refractivity contribution >= 4 is 24.3 Å². The molecule has 5 nitrogen and oxygen atoms in total. The van der Waals surface area contributed by atoms with Crippen LogP contribution in [-0.4, -0.2) is 31.1 Å². The molecule has 0 fully saturated rings. The fourth-order valence-corrected chi connectivity index (χ4v) is 2.42. The fourth-order valence-electron chi connectivity index (χ4n) is 2.42. The lowest BCUT2D eigenvalue weighted by Gasteiger charge is -2.19. The lowest BCUT2D eigenvalue weighted by atomic mass is 10.0.